The molecular formula is C15H20N2O4. The van der Waals surface area contributed by atoms with Gasteiger partial charge in [-0.15, -0.1) is 0 Å². The average Bonchev–Trinajstić information content (AvgIpc) is 2.40. The van der Waals surface area contributed by atoms with Gasteiger partial charge < -0.3 is 20.1 Å². The molecule has 1 aliphatic heterocycles. The van der Waals surface area contributed by atoms with E-state index in [1.54, 1.807) is 24.0 Å². The first kappa shape index (κ1) is 15.3. The number of carboxylic acids is 1. The van der Waals surface area contributed by atoms with E-state index in [2.05, 4.69) is 5.32 Å². The molecule has 21 heavy (non-hydrogen) atoms. The van der Waals surface area contributed by atoms with Crippen LogP contribution in [0.1, 0.15) is 29.8 Å². The van der Waals surface area contributed by atoms with Crippen molar-refractivity contribution in [2.45, 2.75) is 26.3 Å². The van der Waals surface area contributed by atoms with Crippen molar-refractivity contribution in [2.75, 3.05) is 25.1 Å². The number of benzene rings is 1. The number of aryl methyl sites for hydroxylation is 1. The molecule has 114 valence electrons. The number of carboxylic acid groups (broad SMARTS) is 1. The third-order valence-corrected chi connectivity index (χ3v) is 3.63. The quantitative estimate of drug-likeness (QED) is 0.877. The van der Waals surface area contributed by atoms with E-state index < -0.39 is 11.5 Å². The zero-order chi connectivity index (χ0) is 15.6. The molecule has 1 heterocycles. The van der Waals surface area contributed by atoms with Crippen LogP contribution in [0.15, 0.2) is 18.2 Å². The second-order valence-corrected chi connectivity index (χ2v) is 5.75. The first-order chi connectivity index (χ1) is 9.83. The number of ether oxygens (including phenoxy) is 1. The molecule has 0 bridgehead atoms. The second-order valence-electron chi connectivity index (χ2n) is 5.75. The lowest BCUT2D eigenvalue weighted by atomic mass is 10.0. The van der Waals surface area contributed by atoms with Crippen molar-refractivity contribution < 1.29 is 19.4 Å². The normalized spacial score (nSPS) is 17.4. The predicted molar refractivity (Wildman–Crippen MR) is 78.8 cm³/mol. The van der Waals surface area contributed by atoms with Crippen LogP contribution in [0.5, 0.6) is 0 Å². The monoisotopic (exact) mass is 292 g/mol. The van der Waals surface area contributed by atoms with Gasteiger partial charge in [0.05, 0.1) is 30.0 Å². The highest BCUT2D eigenvalue weighted by Crippen LogP contribution is 2.24. The number of urea groups is 1. The number of nitrogens with zero attached hydrogens (tertiary/aromatic N) is 1. The third-order valence-electron chi connectivity index (χ3n) is 3.63. The molecule has 0 unspecified atom stereocenters. The van der Waals surface area contributed by atoms with Gasteiger partial charge in [-0.3, -0.25) is 0 Å². The Labute approximate surface area is 123 Å². The fourth-order valence-electron chi connectivity index (χ4n) is 2.42. The van der Waals surface area contributed by atoms with Crippen LogP contribution in [-0.2, 0) is 4.74 Å². The molecule has 2 amide bonds. The average molecular weight is 292 g/mol. The Kier molecular flexibility index (Phi) is 4.18. The summed E-state index contributed by atoms with van der Waals surface area (Å²) in [6, 6.07) is 4.61. The molecular weight excluding hydrogens is 272 g/mol. The van der Waals surface area contributed by atoms with Crippen LogP contribution in [0, 0.1) is 6.92 Å². The lowest BCUT2D eigenvalue weighted by molar-refractivity contribution is -0.0249. The molecule has 0 spiro atoms. The lowest BCUT2D eigenvalue weighted by Crippen LogP contribution is -2.56. The van der Waals surface area contributed by atoms with Gasteiger partial charge >= 0.3 is 12.0 Å². The molecule has 0 aromatic heterocycles. The summed E-state index contributed by atoms with van der Waals surface area (Å²) in [5.74, 6) is -1.06. The molecule has 1 aromatic rings. The number of hydrogen-bond donors (Lipinski definition) is 2. The maximum atomic E-state index is 12.5. The second kappa shape index (κ2) is 5.73. The number of morpholine rings is 1. The Morgan fingerprint density at radius 3 is 2.71 bits per heavy atom. The molecule has 0 atom stereocenters. The maximum Gasteiger partial charge on any atom is 0.337 e. The molecule has 0 saturated carbocycles. The largest absolute Gasteiger partial charge is 0.478 e. The number of aromatic carboxylic acids is 1. The number of carbonyl (C=O) groups is 2. The van der Waals surface area contributed by atoms with Crippen LogP contribution < -0.4 is 5.32 Å². The van der Waals surface area contributed by atoms with Crippen molar-refractivity contribution in [3.63, 3.8) is 0 Å². The molecule has 2 N–H and O–H groups in total. The molecule has 1 aliphatic rings. The molecule has 0 radical (unpaired) electrons. The number of rotatable bonds is 2. The van der Waals surface area contributed by atoms with Gasteiger partial charge in [-0.25, -0.2) is 9.59 Å². The Hall–Kier alpha value is -2.08. The van der Waals surface area contributed by atoms with Gasteiger partial charge in [0.2, 0.25) is 0 Å². The van der Waals surface area contributed by atoms with Gasteiger partial charge in [0.1, 0.15) is 0 Å². The van der Waals surface area contributed by atoms with Crippen LogP contribution in [0.2, 0.25) is 0 Å². The van der Waals surface area contributed by atoms with Crippen LogP contribution in [0.3, 0.4) is 0 Å². The first-order valence-corrected chi connectivity index (χ1v) is 6.82. The number of carbonyl (C=O) groups excluding carboxylic acids is 1. The SMILES string of the molecule is Cc1cccc(C(=O)O)c1NC(=O)N1CCOCC1(C)C. The minimum absolute atomic E-state index is 0.0921. The van der Waals surface area contributed by atoms with Crippen molar-refractivity contribution in [3.8, 4) is 0 Å². The van der Waals surface area contributed by atoms with Crippen LogP contribution >= 0.6 is 0 Å². The third kappa shape index (κ3) is 3.16. The standard InChI is InChI=1S/C15H20N2O4/c1-10-5-4-6-11(13(18)19)12(10)16-14(20)17-7-8-21-9-15(17,2)3/h4-6H,7-9H2,1-3H3,(H,16,20)(H,18,19). The van der Waals surface area contributed by atoms with E-state index in [0.29, 0.717) is 31.0 Å². The maximum absolute atomic E-state index is 12.5. The summed E-state index contributed by atoms with van der Waals surface area (Å²) in [5, 5.41) is 12.0. The van der Waals surface area contributed by atoms with E-state index in [9.17, 15) is 14.7 Å². The minimum Gasteiger partial charge on any atom is -0.478 e. The van der Waals surface area contributed by atoms with E-state index in [1.807, 2.05) is 13.8 Å². The van der Waals surface area contributed by atoms with E-state index in [0.717, 1.165) is 0 Å². The van der Waals surface area contributed by atoms with Crippen molar-refractivity contribution >= 4 is 17.7 Å². The van der Waals surface area contributed by atoms with Gasteiger partial charge in [0.25, 0.3) is 0 Å². The van der Waals surface area contributed by atoms with Crippen LogP contribution in [-0.4, -0.2) is 47.3 Å². The molecule has 6 heteroatoms. The minimum atomic E-state index is -1.06. The number of para-hydroxylation sites is 1. The van der Waals surface area contributed by atoms with Gasteiger partial charge in [-0.1, -0.05) is 12.1 Å². The molecule has 1 saturated heterocycles. The summed E-state index contributed by atoms with van der Waals surface area (Å²) >= 11 is 0. The zero-order valence-corrected chi connectivity index (χ0v) is 12.5. The highest BCUT2D eigenvalue weighted by atomic mass is 16.5. The van der Waals surface area contributed by atoms with Gasteiger partial charge in [-0.2, -0.15) is 0 Å². The molecule has 2 rings (SSSR count). The Bertz CT molecular complexity index is 569. The van der Waals surface area contributed by atoms with Gasteiger partial charge in [-0.05, 0) is 32.4 Å². The molecule has 1 fully saturated rings. The summed E-state index contributed by atoms with van der Waals surface area (Å²) in [6.07, 6.45) is 0. The molecule has 1 aromatic carbocycles. The summed E-state index contributed by atoms with van der Waals surface area (Å²) < 4.78 is 5.39. The molecule has 6 nitrogen and oxygen atoms in total. The topological polar surface area (TPSA) is 78.9 Å². The summed E-state index contributed by atoms with van der Waals surface area (Å²) in [5.41, 5.74) is 0.732. The smallest absolute Gasteiger partial charge is 0.337 e. The highest BCUT2D eigenvalue weighted by molar-refractivity contribution is 6.01. The number of anilines is 1. The van der Waals surface area contributed by atoms with Crippen molar-refractivity contribution in [1.29, 1.82) is 0 Å². The summed E-state index contributed by atoms with van der Waals surface area (Å²) in [4.78, 5) is 25.4. The fourth-order valence-corrected chi connectivity index (χ4v) is 2.42. The van der Waals surface area contributed by atoms with Crippen LogP contribution in [0.25, 0.3) is 0 Å². The Balaban J connectivity index is 2.26. The highest BCUT2D eigenvalue weighted by Gasteiger charge is 2.34. The number of amides is 2. The number of hydrogen-bond acceptors (Lipinski definition) is 3. The zero-order valence-electron chi connectivity index (χ0n) is 12.5. The van der Waals surface area contributed by atoms with E-state index in [1.165, 1.54) is 6.07 Å². The van der Waals surface area contributed by atoms with Crippen molar-refractivity contribution in [3.05, 3.63) is 29.3 Å². The van der Waals surface area contributed by atoms with Crippen molar-refractivity contribution in [2.24, 2.45) is 0 Å². The number of nitrogens with one attached hydrogen (secondary N) is 1. The molecule has 0 aliphatic carbocycles. The Morgan fingerprint density at radius 2 is 2.10 bits per heavy atom. The lowest BCUT2D eigenvalue weighted by Gasteiger charge is -2.42. The van der Waals surface area contributed by atoms with E-state index in [-0.39, 0.29) is 11.6 Å². The van der Waals surface area contributed by atoms with Crippen molar-refractivity contribution in [1.82, 2.24) is 4.90 Å². The van der Waals surface area contributed by atoms with E-state index >= 15 is 0 Å². The first-order valence-electron chi connectivity index (χ1n) is 6.82. The summed E-state index contributed by atoms with van der Waals surface area (Å²) in [6.45, 7) is 7.03. The van der Waals surface area contributed by atoms with E-state index in [4.69, 9.17) is 4.74 Å². The van der Waals surface area contributed by atoms with Gasteiger partial charge in [0.15, 0.2) is 0 Å². The fraction of sp³-hybridized carbons (Fsp3) is 0.467. The Morgan fingerprint density at radius 1 is 1.38 bits per heavy atom. The summed E-state index contributed by atoms with van der Waals surface area (Å²) in [7, 11) is 0. The van der Waals surface area contributed by atoms with Gasteiger partial charge in [0, 0.05) is 6.54 Å². The predicted octanol–water partition coefficient (Wildman–Crippen LogP) is 2.34. The van der Waals surface area contributed by atoms with Crippen LogP contribution in [0.4, 0.5) is 10.5 Å².